The van der Waals surface area contributed by atoms with E-state index >= 15 is 0 Å². The van der Waals surface area contributed by atoms with Crippen molar-refractivity contribution in [3.8, 4) is 11.3 Å². The Balaban J connectivity index is 2.17. The SMILES string of the molecule is CCN=c1scc(-c2ccccc2)n1N=C(CC)c1ccccc1. The average molecular weight is 335 g/mol. The van der Waals surface area contributed by atoms with Gasteiger partial charge in [-0.15, -0.1) is 11.3 Å². The first kappa shape index (κ1) is 16.4. The Labute approximate surface area is 146 Å². The fraction of sp³-hybridized carbons (Fsp3) is 0.200. The zero-order chi connectivity index (χ0) is 16.8. The van der Waals surface area contributed by atoms with Gasteiger partial charge in [0.2, 0.25) is 4.80 Å². The topological polar surface area (TPSA) is 29.6 Å². The largest absolute Gasteiger partial charge is 0.258 e. The fourth-order valence-electron chi connectivity index (χ4n) is 2.53. The Hall–Kier alpha value is -2.46. The summed E-state index contributed by atoms with van der Waals surface area (Å²) >= 11 is 1.63. The van der Waals surface area contributed by atoms with E-state index in [0.29, 0.717) is 0 Å². The second kappa shape index (κ2) is 7.88. The molecule has 0 aliphatic carbocycles. The molecular weight excluding hydrogens is 314 g/mol. The molecule has 0 N–H and O–H groups in total. The number of hydrogen-bond donors (Lipinski definition) is 0. The highest BCUT2D eigenvalue weighted by Gasteiger charge is 2.09. The van der Waals surface area contributed by atoms with Gasteiger partial charge in [0.25, 0.3) is 0 Å². The van der Waals surface area contributed by atoms with Crippen LogP contribution in [0, 0.1) is 0 Å². The van der Waals surface area contributed by atoms with Gasteiger partial charge >= 0.3 is 0 Å². The number of nitrogens with zero attached hydrogens (tertiary/aromatic N) is 3. The van der Waals surface area contributed by atoms with E-state index in [4.69, 9.17) is 5.10 Å². The molecule has 2 aromatic carbocycles. The maximum atomic E-state index is 4.95. The van der Waals surface area contributed by atoms with Crippen molar-refractivity contribution in [2.24, 2.45) is 10.1 Å². The van der Waals surface area contributed by atoms with Crippen LogP contribution in [0.25, 0.3) is 11.3 Å². The van der Waals surface area contributed by atoms with Crippen molar-refractivity contribution in [3.63, 3.8) is 0 Å². The van der Waals surface area contributed by atoms with Crippen molar-refractivity contribution < 1.29 is 0 Å². The van der Waals surface area contributed by atoms with E-state index in [0.717, 1.165) is 40.3 Å². The molecule has 0 bridgehead atoms. The van der Waals surface area contributed by atoms with Gasteiger partial charge in [-0.05, 0) is 18.9 Å². The van der Waals surface area contributed by atoms with Crippen LogP contribution in [0.4, 0.5) is 0 Å². The lowest BCUT2D eigenvalue weighted by atomic mass is 10.1. The summed E-state index contributed by atoms with van der Waals surface area (Å²) in [6.07, 6.45) is 0.868. The van der Waals surface area contributed by atoms with E-state index < -0.39 is 0 Å². The lowest BCUT2D eigenvalue weighted by molar-refractivity contribution is 0.823. The van der Waals surface area contributed by atoms with E-state index in [1.807, 2.05) is 35.9 Å². The van der Waals surface area contributed by atoms with Crippen molar-refractivity contribution in [1.82, 2.24) is 4.68 Å². The standard InChI is InChI=1S/C20H21N3S/c1-3-18(16-11-7-5-8-12-16)22-23-19(15-24-20(23)21-4-2)17-13-9-6-10-14-17/h5-15H,3-4H2,1-2H3. The van der Waals surface area contributed by atoms with Crippen LogP contribution >= 0.6 is 11.3 Å². The molecule has 0 saturated heterocycles. The summed E-state index contributed by atoms with van der Waals surface area (Å²) in [6, 6.07) is 20.7. The van der Waals surface area contributed by atoms with Gasteiger partial charge < -0.3 is 0 Å². The third-order valence-electron chi connectivity index (χ3n) is 3.71. The Morgan fingerprint density at radius 3 is 2.25 bits per heavy atom. The van der Waals surface area contributed by atoms with E-state index in [1.165, 1.54) is 0 Å². The van der Waals surface area contributed by atoms with Gasteiger partial charge in [-0.25, -0.2) is 4.68 Å². The highest BCUT2D eigenvalue weighted by atomic mass is 32.1. The molecular formula is C20H21N3S. The second-order valence-corrected chi connectivity index (χ2v) is 6.16. The summed E-state index contributed by atoms with van der Waals surface area (Å²) in [5.74, 6) is 0. The highest BCUT2D eigenvalue weighted by Crippen LogP contribution is 2.20. The molecule has 1 heterocycles. The highest BCUT2D eigenvalue weighted by molar-refractivity contribution is 7.07. The zero-order valence-electron chi connectivity index (χ0n) is 14.0. The predicted molar refractivity (Wildman–Crippen MR) is 103 cm³/mol. The molecule has 0 saturated carbocycles. The van der Waals surface area contributed by atoms with Gasteiger partial charge in [0, 0.05) is 17.5 Å². The molecule has 0 spiro atoms. The molecule has 0 amide bonds. The molecule has 3 nitrogen and oxygen atoms in total. The number of benzene rings is 2. The van der Waals surface area contributed by atoms with Crippen molar-refractivity contribution in [2.75, 3.05) is 6.54 Å². The molecule has 0 aliphatic rings. The van der Waals surface area contributed by atoms with Crippen LogP contribution in [-0.2, 0) is 0 Å². The van der Waals surface area contributed by atoms with E-state index in [1.54, 1.807) is 11.3 Å². The maximum absolute atomic E-state index is 4.95. The minimum absolute atomic E-state index is 0.747. The molecule has 0 aliphatic heterocycles. The van der Waals surface area contributed by atoms with Crippen LogP contribution in [0.5, 0.6) is 0 Å². The van der Waals surface area contributed by atoms with Gasteiger partial charge in [0.1, 0.15) is 0 Å². The summed E-state index contributed by atoms with van der Waals surface area (Å²) in [7, 11) is 0. The van der Waals surface area contributed by atoms with E-state index in [2.05, 4.69) is 53.7 Å². The Morgan fingerprint density at radius 2 is 1.62 bits per heavy atom. The molecule has 1 aromatic heterocycles. The maximum Gasteiger partial charge on any atom is 0.206 e. The minimum Gasteiger partial charge on any atom is -0.258 e. The molecule has 3 aromatic rings. The Morgan fingerprint density at radius 1 is 0.958 bits per heavy atom. The third kappa shape index (κ3) is 3.54. The smallest absolute Gasteiger partial charge is 0.206 e. The summed E-state index contributed by atoms with van der Waals surface area (Å²) < 4.78 is 1.98. The van der Waals surface area contributed by atoms with Gasteiger partial charge in [0.05, 0.1) is 11.4 Å². The van der Waals surface area contributed by atoms with E-state index in [9.17, 15) is 0 Å². The second-order valence-electron chi connectivity index (χ2n) is 5.32. The molecule has 0 atom stereocenters. The lowest BCUT2D eigenvalue weighted by Crippen LogP contribution is -2.15. The van der Waals surface area contributed by atoms with Crippen LogP contribution in [-0.4, -0.2) is 16.9 Å². The van der Waals surface area contributed by atoms with Gasteiger partial charge in [0.15, 0.2) is 0 Å². The number of hydrogen-bond acceptors (Lipinski definition) is 3. The first-order valence-electron chi connectivity index (χ1n) is 8.23. The lowest BCUT2D eigenvalue weighted by Gasteiger charge is -2.08. The van der Waals surface area contributed by atoms with Crippen molar-refractivity contribution >= 4 is 17.0 Å². The normalized spacial score (nSPS) is 12.6. The third-order valence-corrected chi connectivity index (χ3v) is 4.56. The molecule has 0 radical (unpaired) electrons. The van der Waals surface area contributed by atoms with Crippen LogP contribution < -0.4 is 4.80 Å². The predicted octanol–water partition coefficient (Wildman–Crippen LogP) is 4.80. The summed E-state index contributed by atoms with van der Waals surface area (Å²) in [4.78, 5) is 5.54. The van der Waals surface area contributed by atoms with Crippen LogP contribution in [0.15, 0.2) is 76.1 Å². The molecule has 0 fully saturated rings. The number of rotatable bonds is 5. The number of thiazole rings is 1. The first-order chi connectivity index (χ1) is 11.8. The average Bonchev–Trinajstić information content (AvgIpc) is 3.04. The van der Waals surface area contributed by atoms with Gasteiger partial charge in [-0.3, -0.25) is 4.99 Å². The van der Waals surface area contributed by atoms with Gasteiger partial charge in [-0.2, -0.15) is 5.10 Å². The van der Waals surface area contributed by atoms with Crippen LogP contribution in [0.3, 0.4) is 0 Å². The van der Waals surface area contributed by atoms with Crippen molar-refractivity contribution in [2.45, 2.75) is 20.3 Å². The summed E-state index contributed by atoms with van der Waals surface area (Å²) in [6.45, 7) is 4.93. The van der Waals surface area contributed by atoms with E-state index in [-0.39, 0.29) is 0 Å². The Kier molecular flexibility index (Phi) is 5.39. The molecule has 4 heteroatoms. The van der Waals surface area contributed by atoms with Crippen molar-refractivity contribution in [1.29, 1.82) is 0 Å². The molecule has 24 heavy (non-hydrogen) atoms. The van der Waals surface area contributed by atoms with Crippen LogP contribution in [0.1, 0.15) is 25.8 Å². The summed E-state index contributed by atoms with van der Waals surface area (Å²) in [5, 5.41) is 7.08. The summed E-state index contributed by atoms with van der Waals surface area (Å²) in [5.41, 5.74) is 4.44. The zero-order valence-corrected chi connectivity index (χ0v) is 14.8. The van der Waals surface area contributed by atoms with Crippen LogP contribution in [0.2, 0.25) is 0 Å². The van der Waals surface area contributed by atoms with Crippen molar-refractivity contribution in [3.05, 3.63) is 76.4 Å². The fourth-order valence-corrected chi connectivity index (χ4v) is 3.43. The molecule has 0 unspecified atom stereocenters. The number of aromatic nitrogens is 1. The quantitative estimate of drug-likeness (QED) is 0.600. The first-order valence-corrected chi connectivity index (χ1v) is 9.11. The molecule has 3 rings (SSSR count). The molecule has 122 valence electrons. The Bertz CT molecular complexity index is 874. The monoisotopic (exact) mass is 335 g/mol. The minimum atomic E-state index is 0.747. The van der Waals surface area contributed by atoms with Gasteiger partial charge in [-0.1, -0.05) is 67.6 Å².